The molecule has 1 aliphatic heterocycles. The molecule has 2 atom stereocenters. The van der Waals surface area contributed by atoms with E-state index in [1.165, 1.54) is 27.9 Å². The lowest BCUT2D eigenvalue weighted by atomic mass is 9.72. The van der Waals surface area contributed by atoms with Crippen LogP contribution in [-0.4, -0.2) is 32.4 Å². The molecule has 1 aliphatic rings. The van der Waals surface area contributed by atoms with E-state index in [0.717, 1.165) is 12.2 Å². The summed E-state index contributed by atoms with van der Waals surface area (Å²) >= 11 is 0. The molecule has 4 heteroatoms. The van der Waals surface area contributed by atoms with E-state index in [9.17, 15) is 0 Å². The van der Waals surface area contributed by atoms with Gasteiger partial charge in [-0.1, -0.05) is 36.8 Å². The first-order chi connectivity index (χ1) is 12.3. The molecule has 1 heterocycles. The number of ether oxygens (including phenoxy) is 1. The fraction of sp³-hybridized carbons (Fsp3) is 0.409. The van der Waals surface area contributed by atoms with E-state index in [1.54, 1.807) is 7.11 Å². The molecule has 0 amide bonds. The molecular formula is C22H29N3O. The van der Waals surface area contributed by atoms with Crippen LogP contribution in [-0.2, 0) is 5.41 Å². The van der Waals surface area contributed by atoms with Gasteiger partial charge in [-0.3, -0.25) is 0 Å². The number of nitrogens with one attached hydrogen (secondary N) is 1. The van der Waals surface area contributed by atoms with Crippen LogP contribution in [0, 0.1) is 13.8 Å². The van der Waals surface area contributed by atoms with E-state index in [-0.39, 0.29) is 11.5 Å². The quantitative estimate of drug-likeness (QED) is 0.642. The fourth-order valence-electron chi connectivity index (χ4n) is 3.77. The van der Waals surface area contributed by atoms with E-state index in [4.69, 9.17) is 4.74 Å². The van der Waals surface area contributed by atoms with Crippen molar-refractivity contribution in [3.63, 3.8) is 0 Å². The number of methoxy groups -OCH3 is 1. The Labute approximate surface area is 156 Å². The lowest BCUT2D eigenvalue weighted by Crippen LogP contribution is -2.36. The minimum Gasteiger partial charge on any atom is -0.497 e. The summed E-state index contributed by atoms with van der Waals surface area (Å²) in [6.07, 6.45) is 3.05. The van der Waals surface area contributed by atoms with Crippen LogP contribution in [0.5, 0.6) is 5.75 Å². The third-order valence-corrected chi connectivity index (χ3v) is 5.13. The maximum absolute atomic E-state index is 5.30. The molecule has 3 rings (SSSR count). The van der Waals surface area contributed by atoms with Crippen LogP contribution >= 0.6 is 0 Å². The average molecular weight is 351 g/mol. The Morgan fingerprint density at radius 1 is 1.19 bits per heavy atom. The van der Waals surface area contributed by atoms with Crippen LogP contribution in [0.1, 0.15) is 41.6 Å². The molecule has 0 spiro atoms. The Balaban J connectivity index is 2.06. The first-order valence-electron chi connectivity index (χ1n) is 9.07. The molecule has 4 nitrogen and oxygen atoms in total. The first kappa shape index (κ1) is 18.3. The highest BCUT2D eigenvalue weighted by Crippen LogP contribution is 2.45. The maximum Gasteiger partial charge on any atom is 0.118 e. The Hall–Kier alpha value is -2.49. The summed E-state index contributed by atoms with van der Waals surface area (Å²) in [5, 5.41) is 10.2. The van der Waals surface area contributed by atoms with Gasteiger partial charge >= 0.3 is 0 Å². The number of hydrogen-bond acceptors (Lipinski definition) is 4. The Morgan fingerprint density at radius 2 is 1.88 bits per heavy atom. The summed E-state index contributed by atoms with van der Waals surface area (Å²) in [7, 11) is 5.62. The second-order valence-corrected chi connectivity index (χ2v) is 7.69. The van der Waals surface area contributed by atoms with Crippen molar-refractivity contribution in [3.05, 3.63) is 58.7 Å². The van der Waals surface area contributed by atoms with Crippen LogP contribution < -0.4 is 10.1 Å². The molecule has 138 valence electrons. The minimum atomic E-state index is -0.133. The topological polar surface area (TPSA) is 36.9 Å². The Morgan fingerprint density at radius 3 is 2.50 bits per heavy atom. The molecule has 0 aromatic heterocycles. The van der Waals surface area contributed by atoms with Crippen molar-refractivity contribution in [1.82, 2.24) is 5.01 Å². The van der Waals surface area contributed by atoms with E-state index >= 15 is 0 Å². The molecule has 1 N–H and O–H groups in total. The highest BCUT2D eigenvalue weighted by Gasteiger charge is 2.37. The van der Waals surface area contributed by atoms with Gasteiger partial charge in [0, 0.05) is 31.4 Å². The molecule has 0 radical (unpaired) electrons. The number of hydrogen-bond donors (Lipinski definition) is 1. The van der Waals surface area contributed by atoms with Crippen molar-refractivity contribution < 1.29 is 4.74 Å². The first-order valence-corrected chi connectivity index (χ1v) is 9.07. The van der Waals surface area contributed by atoms with Gasteiger partial charge in [-0.2, -0.15) is 5.10 Å². The fourth-order valence-corrected chi connectivity index (χ4v) is 3.77. The van der Waals surface area contributed by atoms with Gasteiger partial charge in [-0.25, -0.2) is 0 Å². The van der Waals surface area contributed by atoms with Crippen LogP contribution in [0.2, 0.25) is 0 Å². The third kappa shape index (κ3) is 3.55. The largest absolute Gasteiger partial charge is 0.497 e. The van der Waals surface area contributed by atoms with Gasteiger partial charge in [0.1, 0.15) is 5.75 Å². The summed E-state index contributed by atoms with van der Waals surface area (Å²) in [4.78, 5) is 0. The molecule has 0 saturated heterocycles. The van der Waals surface area contributed by atoms with Crippen LogP contribution in [0.25, 0.3) is 0 Å². The lowest BCUT2D eigenvalue weighted by Gasteiger charge is -2.40. The molecule has 0 fully saturated rings. The van der Waals surface area contributed by atoms with Crippen LogP contribution in [0.4, 0.5) is 5.69 Å². The van der Waals surface area contributed by atoms with Gasteiger partial charge in [-0.05, 0) is 49.1 Å². The number of rotatable bonds is 4. The molecule has 0 aliphatic carbocycles. The van der Waals surface area contributed by atoms with E-state index in [0.29, 0.717) is 0 Å². The van der Waals surface area contributed by atoms with Gasteiger partial charge in [0.15, 0.2) is 0 Å². The molecule has 26 heavy (non-hydrogen) atoms. The van der Waals surface area contributed by atoms with Crippen LogP contribution in [0.15, 0.2) is 41.5 Å². The zero-order valence-corrected chi connectivity index (χ0v) is 16.6. The minimum absolute atomic E-state index is 0.133. The van der Waals surface area contributed by atoms with E-state index in [1.807, 2.05) is 31.2 Å². The standard InChI is InChI=1S/C22H29N3O/c1-15-11-16(2)21-19(12-15)22(3,14-23-25(4)5)13-20(24-21)17-7-9-18(26-6)10-8-17/h7-12,14,20,24H,13H2,1-6H3/b23-14+/t20-,22+/m0/s1. The monoisotopic (exact) mass is 351 g/mol. The molecule has 0 bridgehead atoms. The zero-order chi connectivity index (χ0) is 18.9. The molecule has 0 saturated carbocycles. The van der Waals surface area contributed by atoms with Crippen molar-refractivity contribution in [2.24, 2.45) is 5.10 Å². The second-order valence-electron chi connectivity index (χ2n) is 7.69. The zero-order valence-electron chi connectivity index (χ0n) is 16.6. The smallest absolute Gasteiger partial charge is 0.118 e. The van der Waals surface area contributed by atoms with Crippen LogP contribution in [0.3, 0.4) is 0 Å². The number of anilines is 1. The Kier molecular flexibility index (Phi) is 4.94. The predicted molar refractivity (Wildman–Crippen MR) is 109 cm³/mol. The number of nitrogens with zero attached hydrogens (tertiary/aromatic N) is 2. The van der Waals surface area contributed by atoms with Gasteiger partial charge in [0.2, 0.25) is 0 Å². The molecule has 2 aromatic carbocycles. The summed E-state index contributed by atoms with van der Waals surface area (Å²) in [5.41, 5.74) is 6.26. The lowest BCUT2D eigenvalue weighted by molar-refractivity contribution is 0.414. The predicted octanol–water partition coefficient (Wildman–Crippen LogP) is 4.67. The maximum atomic E-state index is 5.30. The van der Waals surface area contributed by atoms with Crippen molar-refractivity contribution >= 4 is 11.9 Å². The second kappa shape index (κ2) is 7.02. The summed E-state index contributed by atoms with van der Waals surface area (Å²) < 4.78 is 5.30. The van der Waals surface area contributed by atoms with Crippen molar-refractivity contribution in [2.75, 3.05) is 26.5 Å². The van der Waals surface area contributed by atoms with Gasteiger partial charge in [-0.15, -0.1) is 0 Å². The van der Waals surface area contributed by atoms with Crippen molar-refractivity contribution in [3.8, 4) is 5.75 Å². The average Bonchev–Trinajstić information content (AvgIpc) is 2.61. The summed E-state index contributed by atoms with van der Waals surface area (Å²) in [6.45, 7) is 6.63. The SMILES string of the molecule is COc1ccc([C@@H]2C[C@](C)(/C=N/N(C)C)c3cc(C)cc(C)c3N2)cc1. The van der Waals surface area contributed by atoms with Gasteiger partial charge in [0.25, 0.3) is 0 Å². The number of fused-ring (bicyclic) bond motifs is 1. The third-order valence-electron chi connectivity index (χ3n) is 5.13. The highest BCUT2D eigenvalue weighted by atomic mass is 16.5. The number of aryl methyl sites for hydroxylation is 2. The molecule has 0 unspecified atom stereocenters. The van der Waals surface area contributed by atoms with Crippen molar-refractivity contribution in [1.29, 1.82) is 0 Å². The highest BCUT2D eigenvalue weighted by molar-refractivity contribution is 5.80. The van der Waals surface area contributed by atoms with E-state index < -0.39 is 0 Å². The van der Waals surface area contributed by atoms with Gasteiger partial charge in [0.05, 0.1) is 13.2 Å². The Bertz CT molecular complexity index is 811. The number of hydrazone groups is 1. The number of benzene rings is 2. The summed E-state index contributed by atoms with van der Waals surface area (Å²) in [5.74, 6) is 0.883. The van der Waals surface area contributed by atoms with E-state index in [2.05, 4.69) is 61.7 Å². The molecular weight excluding hydrogens is 322 g/mol. The van der Waals surface area contributed by atoms with Crippen molar-refractivity contribution in [2.45, 2.75) is 38.6 Å². The summed E-state index contributed by atoms with van der Waals surface area (Å²) in [6, 6.07) is 13.1. The normalized spacial score (nSPS) is 22.0. The van der Waals surface area contributed by atoms with Gasteiger partial charge < -0.3 is 15.1 Å². The molecule has 2 aromatic rings.